The zero-order valence-electron chi connectivity index (χ0n) is 19.3. The molecule has 0 spiro atoms. The second-order valence-electron chi connectivity index (χ2n) is 8.79. The lowest BCUT2D eigenvalue weighted by molar-refractivity contribution is -0.158. The van der Waals surface area contributed by atoms with Crippen LogP contribution in [-0.2, 0) is 16.1 Å². The summed E-state index contributed by atoms with van der Waals surface area (Å²) in [5, 5.41) is 10.8. The third-order valence-electron chi connectivity index (χ3n) is 6.80. The van der Waals surface area contributed by atoms with Crippen LogP contribution in [0.15, 0.2) is 35.7 Å². The van der Waals surface area contributed by atoms with Gasteiger partial charge in [0.2, 0.25) is 6.35 Å². The molecule has 1 aromatic rings. The minimum absolute atomic E-state index is 0.0291. The van der Waals surface area contributed by atoms with Crippen molar-refractivity contribution in [2.24, 2.45) is 11.7 Å². The number of hydrogen-bond donors (Lipinski definition) is 2. The predicted octanol–water partition coefficient (Wildman–Crippen LogP) is 2.41. The van der Waals surface area contributed by atoms with E-state index in [4.69, 9.17) is 5.73 Å². The fraction of sp³-hybridized carbons (Fsp3) is 0.583. The first-order valence-corrected chi connectivity index (χ1v) is 11.6. The molecule has 0 saturated carbocycles. The number of nitrogens with zero attached hydrogens (tertiary/aromatic N) is 3. The van der Waals surface area contributed by atoms with Crippen molar-refractivity contribution in [3.8, 4) is 0 Å². The number of benzene rings is 1. The van der Waals surface area contributed by atoms with Gasteiger partial charge in [-0.25, -0.2) is 4.39 Å². The number of Topliss-reactive ketones (excluding diaryl/α,β-unsaturated/α-hetero) is 1. The maximum absolute atomic E-state index is 13.4. The van der Waals surface area contributed by atoms with E-state index in [1.165, 1.54) is 21.9 Å². The van der Waals surface area contributed by atoms with Crippen molar-refractivity contribution < 1.29 is 19.1 Å². The molecule has 176 valence electrons. The highest BCUT2D eigenvalue weighted by Crippen LogP contribution is 2.28. The maximum Gasteiger partial charge on any atom is 0.264 e. The molecule has 3 N–H and O–H groups in total. The lowest BCUT2D eigenvalue weighted by Gasteiger charge is -2.43. The summed E-state index contributed by atoms with van der Waals surface area (Å²) in [6, 6.07) is 6.14. The lowest BCUT2D eigenvalue weighted by Crippen LogP contribution is -2.58. The summed E-state index contributed by atoms with van der Waals surface area (Å²) in [5.74, 6) is -0.804. The first-order chi connectivity index (χ1) is 15.3. The monoisotopic (exact) mass is 446 g/mol. The van der Waals surface area contributed by atoms with E-state index in [-0.39, 0.29) is 42.6 Å². The summed E-state index contributed by atoms with van der Waals surface area (Å²) in [7, 11) is 0. The molecule has 1 aromatic carbocycles. The second kappa shape index (κ2) is 10.4. The van der Waals surface area contributed by atoms with Gasteiger partial charge in [-0.05, 0) is 49.9 Å². The van der Waals surface area contributed by atoms with E-state index >= 15 is 0 Å². The van der Waals surface area contributed by atoms with Crippen molar-refractivity contribution in [1.29, 1.82) is 0 Å². The van der Waals surface area contributed by atoms with Gasteiger partial charge in [-0.3, -0.25) is 19.4 Å². The highest BCUT2D eigenvalue weighted by molar-refractivity contribution is 6.20. The van der Waals surface area contributed by atoms with E-state index < -0.39 is 12.3 Å². The molecule has 0 aromatic heterocycles. The fourth-order valence-electron chi connectivity index (χ4n) is 4.71. The molecule has 8 heteroatoms. The van der Waals surface area contributed by atoms with E-state index in [0.717, 1.165) is 32.2 Å². The number of aliphatic hydroxyl groups is 1. The van der Waals surface area contributed by atoms with Crippen molar-refractivity contribution in [3.63, 3.8) is 0 Å². The van der Waals surface area contributed by atoms with Crippen molar-refractivity contribution in [2.45, 2.75) is 65.4 Å². The molecule has 2 aliphatic heterocycles. The largest absolute Gasteiger partial charge is 0.384 e. The minimum Gasteiger partial charge on any atom is -0.384 e. The first kappa shape index (κ1) is 24.2. The third-order valence-corrected chi connectivity index (χ3v) is 6.80. The van der Waals surface area contributed by atoms with E-state index in [9.17, 15) is 19.1 Å². The topological polar surface area (TPSA) is 90.1 Å². The number of likely N-dealkylation sites (tertiary alicyclic amines) is 1. The van der Waals surface area contributed by atoms with Crippen molar-refractivity contribution in [3.05, 3.63) is 47.0 Å². The second-order valence-corrected chi connectivity index (χ2v) is 8.79. The van der Waals surface area contributed by atoms with Gasteiger partial charge < -0.3 is 15.7 Å². The molecule has 2 heterocycles. The van der Waals surface area contributed by atoms with Gasteiger partial charge in [0.05, 0.1) is 6.54 Å². The molecule has 32 heavy (non-hydrogen) atoms. The SMILES string of the molecule is CCC(C)C1CCCCN1CC(=O)C1=C(N)N(Cc2ccc(F)cc2)C(O)N(CC)C1=O. The number of carbonyl (C=O) groups excluding carboxylic acids is 2. The van der Waals surface area contributed by atoms with Crippen LogP contribution in [0.1, 0.15) is 52.0 Å². The molecular weight excluding hydrogens is 411 g/mol. The van der Waals surface area contributed by atoms with Crippen molar-refractivity contribution in [2.75, 3.05) is 19.6 Å². The maximum atomic E-state index is 13.4. The van der Waals surface area contributed by atoms with Crippen molar-refractivity contribution >= 4 is 11.7 Å². The number of halogens is 1. The van der Waals surface area contributed by atoms with Gasteiger partial charge in [-0.1, -0.05) is 38.8 Å². The molecule has 7 nitrogen and oxygen atoms in total. The Balaban J connectivity index is 1.88. The standard InChI is InChI=1S/C24H35FN4O3/c1-4-16(3)19-8-6-7-13-27(19)15-20(30)21-22(26)29(24(32)28(5-2)23(21)31)14-17-9-11-18(25)12-10-17/h9-12,16,19,24,32H,4-8,13-15,26H2,1-3H3. The van der Waals surface area contributed by atoms with Gasteiger partial charge in [0, 0.05) is 19.1 Å². The van der Waals surface area contributed by atoms with Crippen molar-refractivity contribution in [1.82, 2.24) is 14.7 Å². The van der Waals surface area contributed by atoms with Crippen LogP contribution < -0.4 is 5.73 Å². The number of hydrogen-bond acceptors (Lipinski definition) is 6. The van der Waals surface area contributed by atoms with Crippen LogP contribution in [0.25, 0.3) is 0 Å². The normalized spacial score (nSPS) is 23.6. The Kier molecular flexibility index (Phi) is 7.90. The number of nitrogens with two attached hydrogens (primary N) is 1. The van der Waals surface area contributed by atoms with Gasteiger partial charge in [0.15, 0.2) is 5.78 Å². The van der Waals surface area contributed by atoms with E-state index in [0.29, 0.717) is 17.5 Å². The van der Waals surface area contributed by atoms with Crippen LogP contribution in [0.4, 0.5) is 4.39 Å². The molecule has 0 radical (unpaired) electrons. The molecule has 1 saturated heterocycles. The summed E-state index contributed by atoms with van der Waals surface area (Å²) in [6.45, 7) is 7.42. The summed E-state index contributed by atoms with van der Waals surface area (Å²) in [4.78, 5) is 31.3. The summed E-state index contributed by atoms with van der Waals surface area (Å²) in [6.07, 6.45) is 2.95. The highest BCUT2D eigenvalue weighted by Gasteiger charge is 2.40. The molecule has 0 bridgehead atoms. The zero-order valence-corrected chi connectivity index (χ0v) is 19.3. The van der Waals surface area contributed by atoms with Gasteiger partial charge in [0.1, 0.15) is 17.2 Å². The molecule has 2 aliphatic rings. The van der Waals surface area contributed by atoms with Crippen LogP contribution in [0.5, 0.6) is 0 Å². The highest BCUT2D eigenvalue weighted by atomic mass is 19.1. The lowest BCUT2D eigenvalue weighted by atomic mass is 9.89. The fourth-order valence-corrected chi connectivity index (χ4v) is 4.71. The molecule has 0 aliphatic carbocycles. The van der Waals surface area contributed by atoms with E-state index in [2.05, 4.69) is 18.7 Å². The predicted molar refractivity (Wildman–Crippen MR) is 120 cm³/mol. The smallest absolute Gasteiger partial charge is 0.264 e. The Bertz CT molecular complexity index is 857. The summed E-state index contributed by atoms with van der Waals surface area (Å²) >= 11 is 0. The van der Waals surface area contributed by atoms with Crippen LogP contribution in [0.3, 0.4) is 0 Å². The Morgan fingerprint density at radius 1 is 1.22 bits per heavy atom. The van der Waals surface area contributed by atoms with Crippen LogP contribution in [0, 0.1) is 11.7 Å². The molecule has 1 amide bonds. The summed E-state index contributed by atoms with van der Waals surface area (Å²) < 4.78 is 13.3. The average Bonchev–Trinajstić information content (AvgIpc) is 2.78. The van der Waals surface area contributed by atoms with Gasteiger partial charge >= 0.3 is 0 Å². The molecule has 3 unspecified atom stereocenters. The molecule has 1 fully saturated rings. The van der Waals surface area contributed by atoms with Gasteiger partial charge in [0.25, 0.3) is 5.91 Å². The molecular formula is C24H35FN4O3. The first-order valence-electron chi connectivity index (χ1n) is 11.6. The number of carbonyl (C=O) groups is 2. The Labute approximate surface area is 189 Å². The van der Waals surface area contributed by atoms with E-state index in [1.807, 2.05) is 0 Å². The number of likely N-dealkylation sites (N-methyl/N-ethyl adjacent to an activating group) is 1. The number of amides is 1. The van der Waals surface area contributed by atoms with Gasteiger partial charge in [-0.15, -0.1) is 0 Å². The number of piperidine rings is 1. The van der Waals surface area contributed by atoms with Crippen LogP contribution in [0.2, 0.25) is 0 Å². The average molecular weight is 447 g/mol. The molecule has 3 rings (SSSR count). The zero-order chi connectivity index (χ0) is 23.4. The third kappa shape index (κ3) is 4.96. The number of rotatable bonds is 8. The van der Waals surface area contributed by atoms with Gasteiger partial charge in [-0.2, -0.15) is 0 Å². The quantitative estimate of drug-likeness (QED) is 0.596. The number of ketones is 1. The van der Waals surface area contributed by atoms with Crippen LogP contribution >= 0.6 is 0 Å². The summed E-state index contributed by atoms with van der Waals surface area (Å²) in [5.41, 5.74) is 6.94. The molecule has 3 atom stereocenters. The Morgan fingerprint density at radius 2 is 1.91 bits per heavy atom. The Hall–Kier alpha value is -2.45. The van der Waals surface area contributed by atoms with E-state index in [1.54, 1.807) is 19.1 Å². The number of aliphatic hydroxyl groups excluding tert-OH is 1. The van der Waals surface area contributed by atoms with Crippen LogP contribution in [-0.4, -0.2) is 63.5 Å². The Morgan fingerprint density at radius 3 is 2.53 bits per heavy atom. The minimum atomic E-state index is -1.29.